The number of hydrogen-bond donors (Lipinski definition) is 1. The summed E-state index contributed by atoms with van der Waals surface area (Å²) in [6.45, 7) is 6.29. The summed E-state index contributed by atoms with van der Waals surface area (Å²) in [5.41, 5.74) is 2.29. The van der Waals surface area contributed by atoms with E-state index in [1.807, 2.05) is 31.9 Å². The molecule has 0 saturated carbocycles. The number of likely N-dealkylation sites (N-methyl/N-ethyl adjacent to an activating group) is 1. The lowest BCUT2D eigenvalue weighted by atomic mass is 10.1. The first kappa shape index (κ1) is 15.8. The molecule has 1 aromatic rings. The van der Waals surface area contributed by atoms with E-state index in [9.17, 15) is 4.79 Å². The zero-order chi connectivity index (χ0) is 15.2. The van der Waals surface area contributed by atoms with Crippen molar-refractivity contribution in [3.63, 3.8) is 0 Å². The number of likely N-dealkylation sites (tertiary alicyclic amines) is 1. The van der Waals surface area contributed by atoms with E-state index in [1.165, 1.54) is 5.56 Å². The van der Waals surface area contributed by atoms with Crippen LogP contribution >= 0.6 is 0 Å². The number of ether oxygens (including phenoxy) is 1. The van der Waals surface area contributed by atoms with Crippen molar-refractivity contribution in [2.75, 3.05) is 26.7 Å². The highest BCUT2D eigenvalue weighted by molar-refractivity contribution is 5.77. The van der Waals surface area contributed by atoms with Gasteiger partial charge in [-0.3, -0.25) is 4.79 Å². The Hall–Kier alpha value is -1.55. The lowest BCUT2D eigenvalue weighted by molar-refractivity contribution is -0.132. The maximum absolute atomic E-state index is 12.3. The van der Waals surface area contributed by atoms with Crippen LogP contribution in [0.25, 0.3) is 0 Å². The van der Waals surface area contributed by atoms with Gasteiger partial charge in [-0.25, -0.2) is 0 Å². The molecule has 0 radical (unpaired) electrons. The molecule has 1 aliphatic heterocycles. The highest BCUT2D eigenvalue weighted by Gasteiger charge is 2.27. The molecule has 0 unspecified atom stereocenters. The first-order valence-electron chi connectivity index (χ1n) is 7.76. The van der Waals surface area contributed by atoms with Crippen LogP contribution in [0, 0.1) is 13.8 Å². The number of benzene rings is 1. The minimum Gasteiger partial charge on any atom is -0.493 e. The average molecular weight is 290 g/mol. The van der Waals surface area contributed by atoms with Crippen molar-refractivity contribution in [3.8, 4) is 5.75 Å². The number of nitrogens with one attached hydrogen (secondary N) is 1. The second-order valence-electron chi connectivity index (χ2n) is 5.81. The summed E-state index contributed by atoms with van der Waals surface area (Å²) < 4.78 is 5.78. The van der Waals surface area contributed by atoms with Gasteiger partial charge in [0.05, 0.1) is 13.0 Å². The van der Waals surface area contributed by atoms with E-state index < -0.39 is 0 Å². The summed E-state index contributed by atoms with van der Waals surface area (Å²) >= 11 is 0. The summed E-state index contributed by atoms with van der Waals surface area (Å²) in [4.78, 5) is 14.3. The molecule has 1 amide bonds. The summed E-state index contributed by atoms with van der Waals surface area (Å²) in [5, 5.41) is 3.16. The predicted molar refractivity (Wildman–Crippen MR) is 84.7 cm³/mol. The number of nitrogens with zero attached hydrogens (tertiary/aromatic N) is 1. The molecule has 1 heterocycles. The van der Waals surface area contributed by atoms with Crippen LogP contribution in [-0.4, -0.2) is 43.6 Å². The number of hydrogen-bond acceptors (Lipinski definition) is 3. The van der Waals surface area contributed by atoms with Crippen LogP contribution in [0.1, 0.15) is 30.4 Å². The fourth-order valence-corrected chi connectivity index (χ4v) is 2.87. The smallest absolute Gasteiger partial charge is 0.226 e. The molecule has 4 nitrogen and oxygen atoms in total. The molecule has 1 N–H and O–H groups in total. The standard InChI is InChI=1S/C17H26N2O2/c1-13-6-7-14(2)16(11-13)21-10-8-17(20)19-9-4-5-15(19)12-18-3/h6-7,11,15,18H,4-5,8-10,12H2,1-3H3/t15-/m0/s1. The van der Waals surface area contributed by atoms with Gasteiger partial charge in [-0.05, 0) is 50.9 Å². The van der Waals surface area contributed by atoms with Gasteiger partial charge in [0.25, 0.3) is 0 Å². The minimum atomic E-state index is 0.207. The highest BCUT2D eigenvalue weighted by Crippen LogP contribution is 2.20. The molecule has 1 aliphatic rings. The normalized spacial score (nSPS) is 18.0. The first-order chi connectivity index (χ1) is 10.1. The van der Waals surface area contributed by atoms with Crippen LogP contribution in [0.4, 0.5) is 0 Å². The number of carbonyl (C=O) groups excluding carboxylic acids is 1. The largest absolute Gasteiger partial charge is 0.493 e. The molecule has 1 aromatic carbocycles. The van der Waals surface area contributed by atoms with Gasteiger partial charge >= 0.3 is 0 Å². The van der Waals surface area contributed by atoms with Crippen molar-refractivity contribution in [2.45, 2.75) is 39.2 Å². The predicted octanol–water partition coefficient (Wildman–Crippen LogP) is 2.28. The summed E-state index contributed by atoms with van der Waals surface area (Å²) in [6.07, 6.45) is 2.66. The van der Waals surface area contributed by atoms with E-state index in [1.54, 1.807) is 0 Å². The van der Waals surface area contributed by atoms with E-state index in [4.69, 9.17) is 4.74 Å². The fraction of sp³-hybridized carbons (Fsp3) is 0.588. The highest BCUT2D eigenvalue weighted by atomic mass is 16.5. The second-order valence-corrected chi connectivity index (χ2v) is 5.81. The van der Waals surface area contributed by atoms with Crippen molar-refractivity contribution in [1.82, 2.24) is 10.2 Å². The van der Waals surface area contributed by atoms with Crippen molar-refractivity contribution in [2.24, 2.45) is 0 Å². The van der Waals surface area contributed by atoms with Gasteiger partial charge in [0.2, 0.25) is 5.91 Å². The Labute approximate surface area is 127 Å². The monoisotopic (exact) mass is 290 g/mol. The quantitative estimate of drug-likeness (QED) is 0.874. The summed E-state index contributed by atoms with van der Waals surface area (Å²) in [7, 11) is 1.94. The van der Waals surface area contributed by atoms with Gasteiger partial charge in [0.1, 0.15) is 5.75 Å². The van der Waals surface area contributed by atoms with Gasteiger partial charge in [-0.15, -0.1) is 0 Å². The van der Waals surface area contributed by atoms with E-state index in [0.717, 1.165) is 37.2 Å². The van der Waals surface area contributed by atoms with E-state index >= 15 is 0 Å². The minimum absolute atomic E-state index is 0.207. The summed E-state index contributed by atoms with van der Waals surface area (Å²) in [5.74, 6) is 1.09. The van der Waals surface area contributed by atoms with Crippen molar-refractivity contribution in [3.05, 3.63) is 29.3 Å². The number of amides is 1. The van der Waals surface area contributed by atoms with Crippen LogP contribution in [0.5, 0.6) is 5.75 Å². The molecule has 1 saturated heterocycles. The maximum atomic E-state index is 12.3. The Bertz CT molecular complexity index is 488. The molecular weight excluding hydrogens is 264 g/mol. The van der Waals surface area contributed by atoms with Crippen molar-refractivity contribution >= 4 is 5.91 Å². The summed E-state index contributed by atoms with van der Waals surface area (Å²) in [6, 6.07) is 6.50. The number of aryl methyl sites for hydroxylation is 2. The van der Waals surface area contributed by atoms with E-state index in [-0.39, 0.29) is 5.91 Å². The lowest BCUT2D eigenvalue weighted by Gasteiger charge is -2.24. The van der Waals surface area contributed by atoms with Crippen LogP contribution in [0.15, 0.2) is 18.2 Å². The molecule has 21 heavy (non-hydrogen) atoms. The lowest BCUT2D eigenvalue weighted by Crippen LogP contribution is -2.41. The molecule has 116 valence electrons. The Kier molecular flexibility index (Phi) is 5.62. The van der Waals surface area contributed by atoms with Crippen LogP contribution < -0.4 is 10.1 Å². The molecule has 1 atom stereocenters. The van der Waals surface area contributed by atoms with Crippen LogP contribution in [-0.2, 0) is 4.79 Å². The molecule has 0 spiro atoms. The van der Waals surface area contributed by atoms with E-state index in [0.29, 0.717) is 19.1 Å². The Morgan fingerprint density at radius 3 is 3.00 bits per heavy atom. The third kappa shape index (κ3) is 4.21. The topological polar surface area (TPSA) is 41.6 Å². The SMILES string of the molecule is CNC[C@@H]1CCCN1C(=O)CCOc1cc(C)ccc1C. The van der Waals surface area contributed by atoms with Gasteiger partial charge in [0.15, 0.2) is 0 Å². The maximum Gasteiger partial charge on any atom is 0.226 e. The van der Waals surface area contributed by atoms with Gasteiger partial charge < -0.3 is 15.0 Å². The van der Waals surface area contributed by atoms with Crippen molar-refractivity contribution in [1.29, 1.82) is 0 Å². The van der Waals surface area contributed by atoms with Gasteiger partial charge in [-0.2, -0.15) is 0 Å². The third-order valence-electron chi connectivity index (χ3n) is 4.05. The Morgan fingerprint density at radius 1 is 1.43 bits per heavy atom. The fourth-order valence-electron chi connectivity index (χ4n) is 2.87. The van der Waals surface area contributed by atoms with Crippen LogP contribution in [0.2, 0.25) is 0 Å². The van der Waals surface area contributed by atoms with Crippen molar-refractivity contribution < 1.29 is 9.53 Å². The van der Waals surface area contributed by atoms with E-state index in [2.05, 4.69) is 17.4 Å². The van der Waals surface area contributed by atoms with Crippen LogP contribution in [0.3, 0.4) is 0 Å². The molecule has 0 aromatic heterocycles. The number of carbonyl (C=O) groups is 1. The van der Waals surface area contributed by atoms with Gasteiger partial charge in [-0.1, -0.05) is 12.1 Å². The average Bonchev–Trinajstić information content (AvgIpc) is 2.91. The molecule has 0 bridgehead atoms. The first-order valence-corrected chi connectivity index (χ1v) is 7.76. The Morgan fingerprint density at radius 2 is 2.24 bits per heavy atom. The molecule has 1 fully saturated rings. The molecule has 4 heteroatoms. The Balaban J connectivity index is 1.82. The number of rotatable bonds is 6. The van der Waals surface area contributed by atoms with Gasteiger partial charge in [0, 0.05) is 19.1 Å². The second kappa shape index (κ2) is 7.46. The zero-order valence-corrected chi connectivity index (χ0v) is 13.3. The molecule has 0 aliphatic carbocycles. The molecular formula is C17H26N2O2. The molecule has 2 rings (SSSR count). The third-order valence-corrected chi connectivity index (χ3v) is 4.05. The zero-order valence-electron chi connectivity index (χ0n) is 13.3.